The van der Waals surface area contributed by atoms with Crippen molar-refractivity contribution in [2.24, 2.45) is 0 Å². The molecule has 0 aliphatic carbocycles. The molecule has 0 aliphatic rings. The Balaban J connectivity index is 1.81. The molecular formula is C19H20N2O4S. The van der Waals surface area contributed by atoms with E-state index in [0.29, 0.717) is 12.4 Å². The number of hydrogen-bond donors (Lipinski definition) is 1. The molecule has 0 atom stereocenters. The van der Waals surface area contributed by atoms with Gasteiger partial charge in [-0.25, -0.2) is 13.4 Å². The standard InChI is InChI=1S/C19H20N2O4S/c1-24-15-8-13(9-16(11-15)25-2)12-20-19-7-4-14-10-17(26(3,22)23)5-6-18(14)21-19/h4-11H,12H2,1-3H3,(H,20,21). The van der Waals surface area contributed by atoms with Gasteiger partial charge in [-0.15, -0.1) is 0 Å². The Hall–Kier alpha value is -2.80. The number of sulfone groups is 1. The van der Waals surface area contributed by atoms with Crippen molar-refractivity contribution in [2.45, 2.75) is 11.4 Å². The maximum absolute atomic E-state index is 11.7. The molecule has 0 spiro atoms. The molecule has 136 valence electrons. The Morgan fingerprint density at radius 3 is 2.27 bits per heavy atom. The van der Waals surface area contributed by atoms with E-state index in [2.05, 4.69) is 10.3 Å². The summed E-state index contributed by atoms with van der Waals surface area (Å²) in [4.78, 5) is 4.82. The normalized spacial score (nSPS) is 11.3. The lowest BCUT2D eigenvalue weighted by molar-refractivity contribution is 0.393. The third-order valence-corrected chi connectivity index (χ3v) is 5.08. The Bertz CT molecular complexity index is 1030. The highest BCUT2D eigenvalue weighted by Crippen LogP contribution is 2.24. The average Bonchev–Trinajstić information content (AvgIpc) is 2.64. The monoisotopic (exact) mass is 372 g/mol. The maximum atomic E-state index is 11.7. The van der Waals surface area contributed by atoms with E-state index < -0.39 is 9.84 Å². The van der Waals surface area contributed by atoms with Crippen LogP contribution in [0.25, 0.3) is 10.9 Å². The minimum atomic E-state index is -3.23. The number of fused-ring (bicyclic) bond motifs is 1. The summed E-state index contributed by atoms with van der Waals surface area (Å²) in [5.41, 5.74) is 1.72. The van der Waals surface area contributed by atoms with Crippen molar-refractivity contribution in [3.8, 4) is 11.5 Å². The minimum absolute atomic E-state index is 0.288. The first-order valence-corrected chi connectivity index (χ1v) is 9.85. The van der Waals surface area contributed by atoms with Crippen molar-refractivity contribution in [2.75, 3.05) is 25.8 Å². The van der Waals surface area contributed by atoms with Crippen LogP contribution in [0.3, 0.4) is 0 Å². The van der Waals surface area contributed by atoms with E-state index in [-0.39, 0.29) is 4.90 Å². The van der Waals surface area contributed by atoms with Crippen LogP contribution in [-0.4, -0.2) is 33.9 Å². The van der Waals surface area contributed by atoms with E-state index in [1.807, 2.05) is 30.3 Å². The molecule has 0 bridgehead atoms. The van der Waals surface area contributed by atoms with E-state index in [1.54, 1.807) is 32.4 Å². The highest BCUT2D eigenvalue weighted by molar-refractivity contribution is 7.90. The molecule has 0 unspecified atom stereocenters. The number of ether oxygens (including phenoxy) is 2. The van der Waals surface area contributed by atoms with Crippen molar-refractivity contribution in [1.29, 1.82) is 0 Å². The topological polar surface area (TPSA) is 77.5 Å². The number of anilines is 1. The first kappa shape index (κ1) is 18.0. The summed E-state index contributed by atoms with van der Waals surface area (Å²) in [6.45, 7) is 0.549. The first-order valence-electron chi connectivity index (χ1n) is 7.96. The molecule has 2 aromatic carbocycles. The fourth-order valence-corrected chi connectivity index (χ4v) is 3.25. The molecule has 1 N–H and O–H groups in total. The number of pyridine rings is 1. The van der Waals surface area contributed by atoms with Crippen LogP contribution >= 0.6 is 0 Å². The van der Waals surface area contributed by atoms with Gasteiger partial charge < -0.3 is 14.8 Å². The van der Waals surface area contributed by atoms with E-state index in [0.717, 1.165) is 28.0 Å². The molecule has 26 heavy (non-hydrogen) atoms. The second-order valence-corrected chi connectivity index (χ2v) is 7.91. The second kappa shape index (κ2) is 7.21. The smallest absolute Gasteiger partial charge is 0.175 e. The van der Waals surface area contributed by atoms with Gasteiger partial charge in [0.1, 0.15) is 17.3 Å². The molecule has 0 radical (unpaired) electrons. The first-order chi connectivity index (χ1) is 12.4. The van der Waals surface area contributed by atoms with Crippen molar-refractivity contribution in [3.63, 3.8) is 0 Å². The van der Waals surface area contributed by atoms with E-state index in [4.69, 9.17) is 9.47 Å². The van der Waals surface area contributed by atoms with Crippen molar-refractivity contribution in [1.82, 2.24) is 4.98 Å². The van der Waals surface area contributed by atoms with Gasteiger partial charge in [-0.05, 0) is 48.0 Å². The third kappa shape index (κ3) is 4.05. The summed E-state index contributed by atoms with van der Waals surface area (Å²) >= 11 is 0. The number of benzene rings is 2. The van der Waals surface area contributed by atoms with Crippen molar-refractivity contribution < 1.29 is 17.9 Å². The second-order valence-electron chi connectivity index (χ2n) is 5.90. The highest BCUT2D eigenvalue weighted by atomic mass is 32.2. The van der Waals surface area contributed by atoms with E-state index in [1.165, 1.54) is 6.26 Å². The van der Waals surface area contributed by atoms with Crippen molar-refractivity contribution >= 4 is 26.6 Å². The van der Waals surface area contributed by atoms with Gasteiger partial charge in [-0.3, -0.25) is 0 Å². The molecule has 7 heteroatoms. The zero-order valence-electron chi connectivity index (χ0n) is 14.8. The summed E-state index contributed by atoms with van der Waals surface area (Å²) in [7, 11) is -0.00561. The number of nitrogens with one attached hydrogen (secondary N) is 1. The molecule has 1 aromatic heterocycles. The summed E-state index contributed by atoms with van der Waals surface area (Å²) < 4.78 is 33.9. The Labute approximate surface area is 152 Å². The predicted molar refractivity (Wildman–Crippen MR) is 102 cm³/mol. The lowest BCUT2D eigenvalue weighted by Crippen LogP contribution is -2.02. The molecule has 0 saturated heterocycles. The molecule has 1 heterocycles. The van der Waals surface area contributed by atoms with Crippen molar-refractivity contribution in [3.05, 3.63) is 54.1 Å². The molecule has 0 aliphatic heterocycles. The summed E-state index contributed by atoms with van der Waals surface area (Å²) in [5, 5.41) is 4.04. The van der Waals surface area contributed by atoms with Gasteiger partial charge in [0.25, 0.3) is 0 Å². The Kier molecular flexibility index (Phi) is 4.99. The van der Waals surface area contributed by atoms with Gasteiger partial charge in [-0.2, -0.15) is 0 Å². The molecule has 3 aromatic rings. The van der Waals surface area contributed by atoms with Crippen LogP contribution in [0.1, 0.15) is 5.56 Å². The third-order valence-electron chi connectivity index (χ3n) is 3.97. The number of methoxy groups -OCH3 is 2. The minimum Gasteiger partial charge on any atom is -0.497 e. The fraction of sp³-hybridized carbons (Fsp3) is 0.211. The van der Waals surface area contributed by atoms with Gasteiger partial charge in [-0.1, -0.05) is 0 Å². The average molecular weight is 372 g/mol. The lowest BCUT2D eigenvalue weighted by atomic mass is 10.2. The number of aromatic nitrogens is 1. The molecule has 0 fully saturated rings. The van der Waals surface area contributed by atoms with Crippen LogP contribution in [0.2, 0.25) is 0 Å². The number of rotatable bonds is 6. The van der Waals surface area contributed by atoms with E-state index >= 15 is 0 Å². The SMILES string of the molecule is COc1cc(CNc2ccc3cc(S(C)(=O)=O)ccc3n2)cc(OC)c1. The van der Waals surface area contributed by atoms with Crippen LogP contribution in [-0.2, 0) is 16.4 Å². The zero-order valence-corrected chi connectivity index (χ0v) is 15.6. The van der Waals surface area contributed by atoms with Crippen LogP contribution in [0, 0.1) is 0 Å². The van der Waals surface area contributed by atoms with Crippen LogP contribution < -0.4 is 14.8 Å². The molecule has 3 rings (SSSR count). The predicted octanol–water partition coefficient (Wildman–Crippen LogP) is 3.27. The molecular weight excluding hydrogens is 352 g/mol. The van der Waals surface area contributed by atoms with Crippen LogP contribution in [0.5, 0.6) is 11.5 Å². The molecule has 0 saturated carbocycles. The largest absolute Gasteiger partial charge is 0.497 e. The maximum Gasteiger partial charge on any atom is 0.175 e. The summed E-state index contributed by atoms with van der Waals surface area (Å²) in [6, 6.07) is 14.3. The van der Waals surface area contributed by atoms with Gasteiger partial charge in [0.15, 0.2) is 9.84 Å². The Morgan fingerprint density at radius 2 is 1.65 bits per heavy atom. The van der Waals surface area contributed by atoms with Crippen LogP contribution in [0.15, 0.2) is 53.4 Å². The number of nitrogens with zero attached hydrogens (tertiary/aromatic N) is 1. The molecule has 6 nitrogen and oxygen atoms in total. The van der Waals surface area contributed by atoms with Gasteiger partial charge >= 0.3 is 0 Å². The molecule has 0 amide bonds. The van der Waals surface area contributed by atoms with Gasteiger partial charge in [0, 0.05) is 24.3 Å². The van der Waals surface area contributed by atoms with Crippen LogP contribution in [0.4, 0.5) is 5.82 Å². The highest BCUT2D eigenvalue weighted by Gasteiger charge is 2.08. The summed E-state index contributed by atoms with van der Waals surface area (Å²) in [6.07, 6.45) is 1.19. The fourth-order valence-electron chi connectivity index (χ4n) is 2.59. The summed E-state index contributed by atoms with van der Waals surface area (Å²) in [5.74, 6) is 2.15. The van der Waals surface area contributed by atoms with Gasteiger partial charge in [0.05, 0.1) is 24.6 Å². The Morgan fingerprint density at radius 1 is 0.962 bits per heavy atom. The lowest BCUT2D eigenvalue weighted by Gasteiger charge is -2.10. The quantitative estimate of drug-likeness (QED) is 0.716. The van der Waals surface area contributed by atoms with Gasteiger partial charge in [0.2, 0.25) is 0 Å². The zero-order chi connectivity index (χ0) is 18.7. The number of hydrogen-bond acceptors (Lipinski definition) is 6. The van der Waals surface area contributed by atoms with E-state index in [9.17, 15) is 8.42 Å².